The largest absolute Gasteiger partial charge is 0.478 e. The van der Waals surface area contributed by atoms with Crippen LogP contribution in [0.2, 0.25) is 0 Å². The molecule has 10 heteroatoms. The fourth-order valence-corrected chi connectivity index (χ4v) is 7.68. The van der Waals surface area contributed by atoms with Crippen molar-refractivity contribution in [2.45, 2.75) is 43.9 Å². The molecule has 216 valence electrons. The summed E-state index contributed by atoms with van der Waals surface area (Å²) in [5, 5.41) is 37.8. The first-order chi connectivity index (χ1) is 20.0. The van der Waals surface area contributed by atoms with Crippen LogP contribution in [-0.2, 0) is 5.41 Å². The fourth-order valence-electron chi connectivity index (χ4n) is 7.68. The van der Waals surface area contributed by atoms with Gasteiger partial charge >= 0.3 is 23.9 Å². The van der Waals surface area contributed by atoms with Crippen molar-refractivity contribution in [3.05, 3.63) is 82.4 Å². The van der Waals surface area contributed by atoms with E-state index in [1.54, 1.807) is 12.1 Å². The van der Waals surface area contributed by atoms with Crippen molar-refractivity contribution in [2.24, 2.45) is 17.8 Å². The average Bonchev–Trinajstić information content (AvgIpc) is 2.92. The lowest BCUT2D eigenvalue weighted by atomic mass is 9.48. The Kier molecular flexibility index (Phi) is 6.64. The first-order valence-electron chi connectivity index (χ1n) is 13.7. The van der Waals surface area contributed by atoms with Crippen LogP contribution in [0.4, 0.5) is 0 Å². The zero-order valence-electron chi connectivity index (χ0n) is 22.4. The Morgan fingerprint density at radius 1 is 0.548 bits per heavy atom. The summed E-state index contributed by atoms with van der Waals surface area (Å²) < 4.78 is 12.3. The van der Waals surface area contributed by atoms with Gasteiger partial charge in [-0.1, -0.05) is 0 Å². The monoisotopic (exact) mass is 572 g/mol. The van der Waals surface area contributed by atoms with Crippen molar-refractivity contribution in [3.8, 4) is 23.0 Å². The Labute approximate surface area is 240 Å². The summed E-state index contributed by atoms with van der Waals surface area (Å²) in [5.41, 5.74) is -0.731. The van der Waals surface area contributed by atoms with Crippen molar-refractivity contribution < 1.29 is 49.1 Å². The molecule has 4 N–H and O–H groups in total. The van der Waals surface area contributed by atoms with Crippen LogP contribution < -0.4 is 9.47 Å². The predicted octanol–water partition coefficient (Wildman–Crippen LogP) is 6.53. The van der Waals surface area contributed by atoms with E-state index in [1.165, 1.54) is 55.7 Å². The van der Waals surface area contributed by atoms with Crippen LogP contribution in [0.3, 0.4) is 0 Å². The van der Waals surface area contributed by atoms with Gasteiger partial charge in [0, 0.05) is 5.56 Å². The van der Waals surface area contributed by atoms with Gasteiger partial charge in [0.05, 0.1) is 22.3 Å². The van der Waals surface area contributed by atoms with Gasteiger partial charge in [-0.3, -0.25) is 0 Å². The lowest BCUT2D eigenvalue weighted by Crippen LogP contribution is -2.48. The van der Waals surface area contributed by atoms with Gasteiger partial charge in [-0.25, -0.2) is 19.2 Å². The van der Waals surface area contributed by atoms with Crippen molar-refractivity contribution in [1.82, 2.24) is 0 Å². The van der Waals surface area contributed by atoms with E-state index in [1.807, 2.05) is 6.07 Å². The Morgan fingerprint density at radius 2 is 0.952 bits per heavy atom. The number of carboxylic acid groups (broad SMARTS) is 4. The highest BCUT2D eigenvalue weighted by molar-refractivity contribution is 6.02. The summed E-state index contributed by atoms with van der Waals surface area (Å²) in [5.74, 6) is -2.38. The summed E-state index contributed by atoms with van der Waals surface area (Å²) in [6, 6.07) is 12.9. The number of hydrogen-bond donors (Lipinski definition) is 4. The zero-order valence-corrected chi connectivity index (χ0v) is 22.4. The lowest BCUT2D eigenvalue weighted by molar-refractivity contribution is -0.00606. The molecule has 3 aromatic carbocycles. The Balaban J connectivity index is 1.40. The highest BCUT2D eigenvalue weighted by Gasteiger charge is 2.52. The van der Waals surface area contributed by atoms with Crippen molar-refractivity contribution in [3.63, 3.8) is 0 Å². The lowest BCUT2D eigenvalue weighted by Gasteiger charge is -2.57. The summed E-state index contributed by atoms with van der Waals surface area (Å²) in [6.45, 7) is 0. The number of carbonyl (C=O) groups is 4. The highest BCUT2D eigenvalue weighted by atomic mass is 16.5. The molecular weight excluding hydrogens is 544 g/mol. The van der Waals surface area contributed by atoms with E-state index in [0.717, 1.165) is 24.8 Å². The standard InChI is InChI=1S/C32H28O10/c33-28(34)22-4-1-19(10-24(22)30(37)38)41-21-3-6-27(42-20-2-5-23(29(35)36)25(11-20)31(39)40)26(12-21)32-13-16-7-17(14-32)9-18(8-16)15-32/h1-6,10-12,16-18H,7-9,13-15H2,(H,33,34)(H,35,36)(H,37,38)(H,39,40). The average molecular weight is 573 g/mol. The normalized spacial score (nSPS) is 23.8. The molecule has 3 aromatic rings. The molecule has 4 aliphatic rings. The van der Waals surface area contributed by atoms with Gasteiger partial charge < -0.3 is 29.9 Å². The van der Waals surface area contributed by atoms with Crippen LogP contribution in [0.5, 0.6) is 23.0 Å². The Bertz CT molecular complexity index is 1600. The molecule has 4 fully saturated rings. The fraction of sp³-hybridized carbons (Fsp3) is 0.312. The van der Waals surface area contributed by atoms with Gasteiger partial charge in [0.2, 0.25) is 0 Å². The minimum Gasteiger partial charge on any atom is -0.478 e. The molecule has 0 atom stereocenters. The third-order valence-corrected chi connectivity index (χ3v) is 8.93. The maximum absolute atomic E-state index is 11.8. The molecule has 0 heterocycles. The maximum Gasteiger partial charge on any atom is 0.336 e. The summed E-state index contributed by atoms with van der Waals surface area (Å²) >= 11 is 0. The first kappa shape index (κ1) is 27.3. The topological polar surface area (TPSA) is 168 Å². The van der Waals surface area contributed by atoms with E-state index in [4.69, 9.17) is 9.47 Å². The highest BCUT2D eigenvalue weighted by Crippen LogP contribution is 2.62. The van der Waals surface area contributed by atoms with E-state index in [0.29, 0.717) is 29.3 Å². The predicted molar refractivity (Wildman–Crippen MR) is 147 cm³/mol. The van der Waals surface area contributed by atoms with Crippen LogP contribution in [0, 0.1) is 17.8 Å². The summed E-state index contributed by atoms with van der Waals surface area (Å²) in [6.07, 6.45) is 6.56. The number of carboxylic acids is 4. The second-order valence-corrected chi connectivity index (χ2v) is 11.7. The van der Waals surface area contributed by atoms with Gasteiger partial charge in [0.1, 0.15) is 23.0 Å². The molecule has 0 aliphatic heterocycles. The number of ether oxygens (including phenoxy) is 2. The van der Waals surface area contributed by atoms with E-state index in [9.17, 15) is 39.6 Å². The van der Waals surface area contributed by atoms with Gasteiger partial charge in [-0.15, -0.1) is 0 Å². The van der Waals surface area contributed by atoms with E-state index >= 15 is 0 Å². The van der Waals surface area contributed by atoms with Crippen molar-refractivity contribution in [1.29, 1.82) is 0 Å². The summed E-state index contributed by atoms with van der Waals surface area (Å²) in [7, 11) is 0. The van der Waals surface area contributed by atoms with Crippen LogP contribution in [0.15, 0.2) is 54.6 Å². The first-order valence-corrected chi connectivity index (χ1v) is 13.7. The molecule has 4 bridgehead atoms. The molecule has 4 aliphatic carbocycles. The van der Waals surface area contributed by atoms with E-state index in [-0.39, 0.29) is 39.2 Å². The molecule has 0 spiro atoms. The third kappa shape index (κ3) is 4.93. The Morgan fingerprint density at radius 3 is 1.40 bits per heavy atom. The molecule has 42 heavy (non-hydrogen) atoms. The number of aromatic carboxylic acids is 4. The van der Waals surface area contributed by atoms with E-state index < -0.39 is 23.9 Å². The minimum absolute atomic E-state index is 0.165. The molecule has 7 rings (SSSR count). The quantitative estimate of drug-likeness (QED) is 0.221. The Hall–Kier alpha value is -4.86. The number of hydrogen-bond acceptors (Lipinski definition) is 6. The molecule has 0 amide bonds. The molecule has 0 radical (unpaired) electrons. The number of benzene rings is 3. The second-order valence-electron chi connectivity index (χ2n) is 11.7. The second kappa shape index (κ2) is 10.2. The molecule has 10 nitrogen and oxygen atoms in total. The molecule has 0 aromatic heterocycles. The van der Waals surface area contributed by atoms with Crippen molar-refractivity contribution in [2.75, 3.05) is 0 Å². The third-order valence-electron chi connectivity index (χ3n) is 8.93. The van der Waals surface area contributed by atoms with Crippen LogP contribution in [0.25, 0.3) is 0 Å². The smallest absolute Gasteiger partial charge is 0.336 e. The van der Waals surface area contributed by atoms with Gasteiger partial charge in [0.15, 0.2) is 0 Å². The minimum atomic E-state index is -1.38. The van der Waals surface area contributed by atoms with Crippen LogP contribution >= 0.6 is 0 Å². The SMILES string of the molecule is O=C(O)c1ccc(Oc2ccc(Oc3ccc(C(=O)O)c(C(=O)O)c3)c(C34CC5CC(CC(C5)C3)C4)c2)cc1C(=O)O. The van der Waals surface area contributed by atoms with E-state index in [2.05, 4.69) is 0 Å². The molecule has 0 unspecified atom stereocenters. The molecule has 0 saturated heterocycles. The maximum atomic E-state index is 11.8. The molecule has 4 saturated carbocycles. The summed E-state index contributed by atoms with van der Waals surface area (Å²) in [4.78, 5) is 46.4. The van der Waals surface area contributed by atoms with Crippen molar-refractivity contribution >= 4 is 23.9 Å². The zero-order chi connectivity index (χ0) is 29.8. The van der Waals surface area contributed by atoms with Crippen LogP contribution in [-0.4, -0.2) is 44.3 Å². The van der Waals surface area contributed by atoms with Gasteiger partial charge in [-0.05, 0) is 116 Å². The molecular formula is C32H28O10. The van der Waals surface area contributed by atoms with Gasteiger partial charge in [-0.2, -0.15) is 0 Å². The van der Waals surface area contributed by atoms with Gasteiger partial charge in [0.25, 0.3) is 0 Å². The number of rotatable bonds is 9. The van der Waals surface area contributed by atoms with Crippen LogP contribution in [0.1, 0.15) is 85.5 Å².